The van der Waals surface area contributed by atoms with Crippen molar-refractivity contribution in [1.82, 2.24) is 9.99 Å². The van der Waals surface area contributed by atoms with Crippen molar-refractivity contribution in [3.8, 4) is 11.5 Å². The van der Waals surface area contributed by atoms with Crippen molar-refractivity contribution in [1.29, 1.82) is 0 Å². The van der Waals surface area contributed by atoms with Crippen molar-refractivity contribution in [3.63, 3.8) is 0 Å². The minimum Gasteiger partial charge on any atom is -0.508 e. The summed E-state index contributed by atoms with van der Waals surface area (Å²) >= 11 is 0. The van der Waals surface area contributed by atoms with Gasteiger partial charge in [0.25, 0.3) is 0 Å². The molecule has 1 N–H and O–H groups in total. The molecule has 26 heavy (non-hydrogen) atoms. The van der Waals surface area contributed by atoms with Crippen LogP contribution in [0.25, 0.3) is 0 Å². The van der Waals surface area contributed by atoms with E-state index in [2.05, 4.69) is 11.1 Å². The van der Waals surface area contributed by atoms with Crippen molar-refractivity contribution in [2.24, 2.45) is 5.10 Å². The van der Waals surface area contributed by atoms with E-state index in [1.54, 1.807) is 18.3 Å². The molecule has 0 saturated heterocycles. The fraction of sp³-hybridized carbons (Fsp3) is 0.143. The quantitative estimate of drug-likeness (QED) is 0.763. The number of nitrogens with zero attached hydrogens (tertiary/aromatic N) is 3. The van der Waals surface area contributed by atoms with Gasteiger partial charge in [0.15, 0.2) is 0 Å². The summed E-state index contributed by atoms with van der Waals surface area (Å²) < 4.78 is 6.25. The number of fused-ring (bicyclic) bond motifs is 3. The second-order valence-corrected chi connectivity index (χ2v) is 6.46. The molecule has 2 atom stereocenters. The predicted octanol–water partition coefficient (Wildman–Crippen LogP) is 4.03. The van der Waals surface area contributed by atoms with Gasteiger partial charge in [-0.3, -0.25) is 4.98 Å². The van der Waals surface area contributed by atoms with Crippen LogP contribution in [0.3, 0.4) is 0 Å². The molecule has 5 rings (SSSR count). The molecule has 5 heteroatoms. The smallest absolute Gasteiger partial charge is 0.230 e. The van der Waals surface area contributed by atoms with Gasteiger partial charge in [-0.15, -0.1) is 0 Å². The first-order valence-electron chi connectivity index (χ1n) is 8.61. The van der Waals surface area contributed by atoms with Gasteiger partial charge in [0.1, 0.15) is 17.2 Å². The zero-order valence-corrected chi connectivity index (χ0v) is 14.0. The van der Waals surface area contributed by atoms with E-state index in [1.165, 1.54) is 0 Å². The van der Waals surface area contributed by atoms with Crippen LogP contribution in [0.4, 0.5) is 0 Å². The lowest BCUT2D eigenvalue weighted by molar-refractivity contribution is -0.0218. The number of phenols is 1. The Morgan fingerprint density at radius 3 is 2.73 bits per heavy atom. The highest BCUT2D eigenvalue weighted by Crippen LogP contribution is 2.47. The Hall–Kier alpha value is -3.34. The van der Waals surface area contributed by atoms with Crippen molar-refractivity contribution < 1.29 is 9.84 Å². The van der Waals surface area contributed by atoms with E-state index < -0.39 is 0 Å². The fourth-order valence-electron chi connectivity index (χ4n) is 3.61. The summed E-state index contributed by atoms with van der Waals surface area (Å²) in [6, 6.07) is 21.2. The van der Waals surface area contributed by atoms with Gasteiger partial charge in [-0.05, 0) is 30.3 Å². The highest BCUT2D eigenvalue weighted by Gasteiger charge is 2.41. The van der Waals surface area contributed by atoms with E-state index in [0.717, 1.165) is 34.7 Å². The van der Waals surface area contributed by atoms with Gasteiger partial charge < -0.3 is 9.84 Å². The normalized spacial score (nSPS) is 20.8. The molecular formula is C21H17N3O2. The summed E-state index contributed by atoms with van der Waals surface area (Å²) in [6.07, 6.45) is 2.16. The number of pyridine rings is 1. The van der Waals surface area contributed by atoms with E-state index in [0.29, 0.717) is 0 Å². The minimum atomic E-state index is -0.370. The summed E-state index contributed by atoms with van der Waals surface area (Å²) in [6.45, 7) is 0. The third kappa shape index (κ3) is 2.40. The number of benzene rings is 2. The molecule has 0 saturated carbocycles. The van der Waals surface area contributed by atoms with Crippen molar-refractivity contribution in [2.45, 2.75) is 18.7 Å². The van der Waals surface area contributed by atoms with Crippen molar-refractivity contribution >= 4 is 5.71 Å². The van der Waals surface area contributed by atoms with E-state index >= 15 is 0 Å². The van der Waals surface area contributed by atoms with Gasteiger partial charge in [-0.2, -0.15) is 5.10 Å². The van der Waals surface area contributed by atoms with Crippen molar-refractivity contribution in [2.75, 3.05) is 0 Å². The maximum atomic E-state index is 9.82. The lowest BCUT2D eigenvalue weighted by atomic mass is 9.96. The summed E-state index contributed by atoms with van der Waals surface area (Å²) in [5.74, 6) is 1.12. The van der Waals surface area contributed by atoms with Crippen LogP contribution in [-0.4, -0.2) is 20.8 Å². The Morgan fingerprint density at radius 2 is 1.88 bits per heavy atom. The summed E-state index contributed by atoms with van der Waals surface area (Å²) in [5.41, 5.74) is 3.82. The van der Waals surface area contributed by atoms with Gasteiger partial charge in [-0.1, -0.05) is 36.4 Å². The van der Waals surface area contributed by atoms with E-state index in [9.17, 15) is 5.11 Å². The van der Waals surface area contributed by atoms with Crippen LogP contribution in [0.15, 0.2) is 78.0 Å². The fourth-order valence-corrected chi connectivity index (χ4v) is 3.61. The van der Waals surface area contributed by atoms with Crippen LogP contribution in [0, 0.1) is 0 Å². The topological polar surface area (TPSA) is 58.0 Å². The van der Waals surface area contributed by atoms with Crippen molar-refractivity contribution in [3.05, 3.63) is 89.7 Å². The number of aromatic hydroxyl groups is 1. The van der Waals surface area contributed by atoms with Crippen LogP contribution in [-0.2, 0) is 0 Å². The van der Waals surface area contributed by atoms with Crippen LogP contribution >= 0.6 is 0 Å². The van der Waals surface area contributed by atoms with Crippen LogP contribution in [0.5, 0.6) is 11.5 Å². The molecule has 3 heterocycles. The second-order valence-electron chi connectivity index (χ2n) is 6.46. The molecule has 2 aromatic carbocycles. The summed E-state index contributed by atoms with van der Waals surface area (Å²) in [7, 11) is 0. The maximum absolute atomic E-state index is 9.82. The Morgan fingerprint density at radius 1 is 1.00 bits per heavy atom. The Bertz CT molecular complexity index is 987. The third-order valence-corrected chi connectivity index (χ3v) is 4.82. The zero-order valence-electron chi connectivity index (χ0n) is 14.0. The van der Waals surface area contributed by atoms with Crippen LogP contribution < -0.4 is 4.74 Å². The standard InChI is InChI=1S/C21H17N3O2/c25-15-7-5-6-14(12-15)18-13-19-16-8-1-2-10-20(16)26-21(24(19)23-18)17-9-3-4-11-22-17/h1-12,19,21,25H,13H2/t19-,21+/m1/s1. The molecule has 0 unspecified atom stereocenters. The molecule has 0 bridgehead atoms. The first kappa shape index (κ1) is 15.0. The number of hydrazone groups is 1. The van der Waals surface area contributed by atoms with E-state index in [1.807, 2.05) is 53.5 Å². The summed E-state index contributed by atoms with van der Waals surface area (Å²) in [4.78, 5) is 4.47. The highest BCUT2D eigenvalue weighted by atomic mass is 16.5. The molecule has 0 aliphatic carbocycles. The van der Waals surface area contributed by atoms with Gasteiger partial charge in [-0.25, -0.2) is 5.01 Å². The van der Waals surface area contributed by atoms with Gasteiger partial charge in [0.05, 0.1) is 11.8 Å². The Labute approximate surface area is 151 Å². The van der Waals surface area contributed by atoms with Crippen LogP contribution in [0.1, 0.15) is 35.5 Å². The zero-order chi connectivity index (χ0) is 17.5. The van der Waals surface area contributed by atoms with Gasteiger partial charge in [0, 0.05) is 23.7 Å². The SMILES string of the molecule is Oc1cccc(C2=NN3[C@H](C2)c2ccccc2O[C@H]3c2ccccn2)c1. The van der Waals surface area contributed by atoms with Gasteiger partial charge in [0.2, 0.25) is 6.23 Å². The van der Waals surface area contributed by atoms with E-state index in [4.69, 9.17) is 9.84 Å². The van der Waals surface area contributed by atoms with Crippen LogP contribution in [0.2, 0.25) is 0 Å². The molecule has 128 valence electrons. The molecule has 0 radical (unpaired) electrons. The maximum Gasteiger partial charge on any atom is 0.230 e. The molecule has 2 aliphatic rings. The first-order valence-corrected chi connectivity index (χ1v) is 8.61. The molecular weight excluding hydrogens is 326 g/mol. The number of phenolic OH excluding ortho intramolecular Hbond substituents is 1. The molecule has 0 fully saturated rings. The second kappa shape index (κ2) is 5.88. The molecule has 5 nitrogen and oxygen atoms in total. The average Bonchev–Trinajstić information content (AvgIpc) is 3.14. The molecule has 0 amide bonds. The number of hydrogen-bond donors (Lipinski definition) is 1. The highest BCUT2D eigenvalue weighted by molar-refractivity contribution is 6.02. The number of ether oxygens (including phenoxy) is 1. The lowest BCUT2D eigenvalue weighted by Crippen LogP contribution is -2.34. The third-order valence-electron chi connectivity index (χ3n) is 4.82. The molecule has 0 spiro atoms. The Kier molecular flexibility index (Phi) is 3.38. The average molecular weight is 343 g/mol. The molecule has 2 aliphatic heterocycles. The number of para-hydroxylation sites is 1. The molecule has 1 aromatic heterocycles. The number of aromatic nitrogens is 1. The lowest BCUT2D eigenvalue weighted by Gasteiger charge is -2.37. The monoisotopic (exact) mass is 343 g/mol. The Balaban J connectivity index is 1.60. The number of hydrogen-bond acceptors (Lipinski definition) is 5. The van der Waals surface area contributed by atoms with E-state index in [-0.39, 0.29) is 18.0 Å². The minimum absolute atomic E-state index is 0.0873. The first-order chi connectivity index (χ1) is 12.8. The molecule has 3 aromatic rings. The largest absolute Gasteiger partial charge is 0.508 e. The van der Waals surface area contributed by atoms with Gasteiger partial charge >= 0.3 is 0 Å². The predicted molar refractivity (Wildman–Crippen MR) is 97.9 cm³/mol. The number of rotatable bonds is 2. The summed E-state index contributed by atoms with van der Waals surface area (Å²) in [5, 5.41) is 16.7.